The van der Waals surface area contributed by atoms with E-state index < -0.39 is 0 Å². The maximum absolute atomic E-state index is 14.1. The maximum Gasteiger partial charge on any atom is 0.253 e. The van der Waals surface area contributed by atoms with Crippen molar-refractivity contribution in [1.82, 2.24) is 19.7 Å². The molecular formula is C22H23FN4O2. The van der Waals surface area contributed by atoms with Gasteiger partial charge in [-0.15, -0.1) is 10.2 Å². The Kier molecular flexibility index (Phi) is 5.40. The minimum absolute atomic E-state index is 0.0457. The number of benzene rings is 2. The lowest BCUT2D eigenvalue weighted by Crippen LogP contribution is -2.38. The summed E-state index contributed by atoms with van der Waals surface area (Å²) in [4.78, 5) is 14.8. The Labute approximate surface area is 168 Å². The van der Waals surface area contributed by atoms with Crippen LogP contribution in [-0.2, 0) is 13.7 Å². The van der Waals surface area contributed by atoms with Gasteiger partial charge in [-0.2, -0.15) is 0 Å². The number of halogens is 1. The van der Waals surface area contributed by atoms with Crippen molar-refractivity contribution in [2.24, 2.45) is 7.05 Å². The smallest absolute Gasteiger partial charge is 0.253 e. The molecule has 1 aliphatic heterocycles. The first-order chi connectivity index (χ1) is 14.1. The van der Waals surface area contributed by atoms with E-state index in [4.69, 9.17) is 0 Å². The second-order valence-corrected chi connectivity index (χ2v) is 7.32. The van der Waals surface area contributed by atoms with Crippen LogP contribution < -0.4 is 0 Å². The van der Waals surface area contributed by atoms with Crippen LogP contribution in [0.3, 0.4) is 0 Å². The third-order valence-corrected chi connectivity index (χ3v) is 5.58. The Balaban J connectivity index is 1.47. The maximum atomic E-state index is 14.1. The lowest BCUT2D eigenvalue weighted by Gasteiger charge is -2.31. The monoisotopic (exact) mass is 394 g/mol. The van der Waals surface area contributed by atoms with Crippen molar-refractivity contribution in [3.05, 3.63) is 71.6 Å². The Bertz CT molecular complexity index is 1030. The zero-order valence-corrected chi connectivity index (χ0v) is 16.3. The Morgan fingerprint density at radius 1 is 1.14 bits per heavy atom. The lowest BCUT2D eigenvalue weighted by molar-refractivity contribution is 0.0710. The first-order valence-corrected chi connectivity index (χ1v) is 9.71. The van der Waals surface area contributed by atoms with Gasteiger partial charge in [-0.05, 0) is 36.6 Å². The molecule has 1 amide bonds. The van der Waals surface area contributed by atoms with Gasteiger partial charge in [0.05, 0.1) is 0 Å². The molecule has 1 saturated heterocycles. The molecular weight excluding hydrogens is 371 g/mol. The van der Waals surface area contributed by atoms with E-state index in [2.05, 4.69) is 10.2 Å². The first-order valence-electron chi connectivity index (χ1n) is 9.71. The number of nitrogens with zero attached hydrogens (tertiary/aromatic N) is 4. The number of aliphatic hydroxyl groups excluding tert-OH is 1. The van der Waals surface area contributed by atoms with Crippen molar-refractivity contribution in [3.63, 3.8) is 0 Å². The number of carbonyl (C=O) groups excluding carboxylic acids is 1. The van der Waals surface area contributed by atoms with E-state index in [-0.39, 0.29) is 24.2 Å². The number of amides is 1. The van der Waals surface area contributed by atoms with Crippen LogP contribution in [0.1, 0.15) is 40.8 Å². The predicted octanol–water partition coefficient (Wildman–Crippen LogP) is 3.13. The minimum Gasteiger partial charge on any atom is -0.388 e. The van der Waals surface area contributed by atoms with E-state index in [1.165, 1.54) is 6.07 Å². The molecule has 0 spiro atoms. The number of rotatable bonds is 4. The molecule has 3 aromatic rings. The Morgan fingerprint density at radius 3 is 2.59 bits per heavy atom. The van der Waals surface area contributed by atoms with Crippen molar-refractivity contribution < 1.29 is 14.3 Å². The molecule has 1 N–H and O–H groups in total. The summed E-state index contributed by atoms with van der Waals surface area (Å²) in [5, 5.41) is 17.5. The van der Waals surface area contributed by atoms with E-state index in [0.29, 0.717) is 35.6 Å². The molecule has 4 rings (SSSR count). The molecule has 6 nitrogen and oxygen atoms in total. The number of aliphatic hydroxyl groups is 1. The van der Waals surface area contributed by atoms with E-state index >= 15 is 0 Å². The average molecular weight is 394 g/mol. The molecule has 1 aliphatic rings. The van der Waals surface area contributed by atoms with Crippen molar-refractivity contribution in [3.8, 4) is 11.1 Å². The summed E-state index contributed by atoms with van der Waals surface area (Å²) in [5.74, 6) is 1.26. The van der Waals surface area contributed by atoms with Gasteiger partial charge in [-0.1, -0.05) is 30.3 Å². The van der Waals surface area contributed by atoms with E-state index in [1.807, 2.05) is 22.6 Å². The molecule has 0 atom stereocenters. The highest BCUT2D eigenvalue weighted by atomic mass is 19.1. The van der Waals surface area contributed by atoms with Crippen LogP contribution in [0.5, 0.6) is 0 Å². The van der Waals surface area contributed by atoms with Gasteiger partial charge in [0.1, 0.15) is 18.2 Å². The summed E-state index contributed by atoms with van der Waals surface area (Å²) in [7, 11) is 1.85. The van der Waals surface area contributed by atoms with E-state index in [0.717, 1.165) is 18.7 Å². The standard InChI is InChI=1S/C22H23FN4O2/c1-26-20(14-28)24-25-21(26)15-9-11-27(12-10-15)22(29)17-6-4-5-16(13-17)18-7-2-3-8-19(18)23/h2-8,13,15,28H,9-12,14H2,1H3. The summed E-state index contributed by atoms with van der Waals surface area (Å²) >= 11 is 0. The normalized spacial score (nSPS) is 14.9. The van der Waals surface area contributed by atoms with Gasteiger partial charge in [-0.3, -0.25) is 4.79 Å². The summed E-state index contributed by atoms with van der Waals surface area (Å²) in [6.07, 6.45) is 1.58. The van der Waals surface area contributed by atoms with Crippen molar-refractivity contribution in [2.75, 3.05) is 13.1 Å². The third-order valence-electron chi connectivity index (χ3n) is 5.58. The number of hydrogen-bond donors (Lipinski definition) is 1. The molecule has 7 heteroatoms. The number of piperidine rings is 1. The molecule has 150 valence electrons. The zero-order valence-electron chi connectivity index (χ0n) is 16.3. The molecule has 2 aromatic carbocycles. The molecule has 0 unspecified atom stereocenters. The Morgan fingerprint density at radius 2 is 1.90 bits per heavy atom. The second kappa shape index (κ2) is 8.13. The Hall–Kier alpha value is -3.06. The molecule has 0 radical (unpaired) electrons. The van der Waals surface area contributed by atoms with Gasteiger partial charge in [0.15, 0.2) is 5.82 Å². The fourth-order valence-electron chi connectivity index (χ4n) is 3.91. The number of likely N-dealkylation sites (tertiary alicyclic amines) is 1. The minimum atomic E-state index is -0.302. The molecule has 0 saturated carbocycles. The molecule has 29 heavy (non-hydrogen) atoms. The molecule has 2 heterocycles. The van der Waals surface area contributed by atoms with Gasteiger partial charge < -0.3 is 14.6 Å². The average Bonchev–Trinajstić information content (AvgIpc) is 3.14. The quantitative estimate of drug-likeness (QED) is 0.738. The van der Waals surface area contributed by atoms with Crippen LogP contribution in [0.2, 0.25) is 0 Å². The zero-order chi connectivity index (χ0) is 20.4. The van der Waals surface area contributed by atoms with Crippen LogP contribution >= 0.6 is 0 Å². The number of hydrogen-bond acceptors (Lipinski definition) is 4. The highest BCUT2D eigenvalue weighted by Crippen LogP contribution is 2.29. The summed E-state index contributed by atoms with van der Waals surface area (Å²) in [5.41, 5.74) is 1.74. The summed E-state index contributed by atoms with van der Waals surface area (Å²) in [6.45, 7) is 1.10. The molecule has 1 aromatic heterocycles. The summed E-state index contributed by atoms with van der Waals surface area (Å²) in [6, 6.07) is 13.7. The predicted molar refractivity (Wildman–Crippen MR) is 107 cm³/mol. The summed E-state index contributed by atoms with van der Waals surface area (Å²) < 4.78 is 15.9. The van der Waals surface area contributed by atoms with Gasteiger partial charge >= 0.3 is 0 Å². The molecule has 0 bridgehead atoms. The highest BCUT2D eigenvalue weighted by Gasteiger charge is 2.28. The lowest BCUT2D eigenvalue weighted by atomic mass is 9.95. The van der Waals surface area contributed by atoms with Gasteiger partial charge in [-0.25, -0.2) is 4.39 Å². The topological polar surface area (TPSA) is 71.2 Å². The van der Waals surface area contributed by atoms with E-state index in [1.54, 1.807) is 36.4 Å². The molecule has 1 fully saturated rings. The fraction of sp³-hybridized carbons (Fsp3) is 0.318. The van der Waals surface area contributed by atoms with Gasteiger partial charge in [0, 0.05) is 37.2 Å². The van der Waals surface area contributed by atoms with Crippen molar-refractivity contribution >= 4 is 5.91 Å². The van der Waals surface area contributed by atoms with Gasteiger partial charge in [0.25, 0.3) is 5.91 Å². The first kappa shape index (κ1) is 19.3. The van der Waals surface area contributed by atoms with Crippen LogP contribution in [-0.4, -0.2) is 43.8 Å². The second-order valence-electron chi connectivity index (χ2n) is 7.32. The number of carbonyl (C=O) groups is 1. The van der Waals surface area contributed by atoms with Gasteiger partial charge in [0.2, 0.25) is 0 Å². The van der Waals surface area contributed by atoms with Crippen LogP contribution in [0.4, 0.5) is 4.39 Å². The van der Waals surface area contributed by atoms with Crippen molar-refractivity contribution in [1.29, 1.82) is 0 Å². The SMILES string of the molecule is Cn1c(CO)nnc1C1CCN(C(=O)c2cccc(-c3ccccc3F)c2)CC1. The van der Waals surface area contributed by atoms with Crippen molar-refractivity contribution in [2.45, 2.75) is 25.4 Å². The van der Waals surface area contributed by atoms with E-state index in [9.17, 15) is 14.3 Å². The van der Waals surface area contributed by atoms with Crippen LogP contribution in [0.15, 0.2) is 48.5 Å². The van der Waals surface area contributed by atoms with Crippen LogP contribution in [0.25, 0.3) is 11.1 Å². The fourth-order valence-corrected chi connectivity index (χ4v) is 3.91. The largest absolute Gasteiger partial charge is 0.388 e. The highest BCUT2D eigenvalue weighted by molar-refractivity contribution is 5.95. The third kappa shape index (κ3) is 3.78. The number of aromatic nitrogens is 3. The van der Waals surface area contributed by atoms with Crippen LogP contribution in [0, 0.1) is 5.82 Å². The molecule has 0 aliphatic carbocycles.